The maximum atomic E-state index is 13.2. The average molecular weight is 403 g/mol. The number of aryl methyl sites for hydroxylation is 1. The fourth-order valence-electron chi connectivity index (χ4n) is 4.12. The summed E-state index contributed by atoms with van der Waals surface area (Å²) in [6.07, 6.45) is 8.34. The van der Waals surface area contributed by atoms with Gasteiger partial charge >= 0.3 is 0 Å². The summed E-state index contributed by atoms with van der Waals surface area (Å²) >= 11 is 0. The topological polar surface area (TPSA) is 51.2 Å². The van der Waals surface area contributed by atoms with E-state index in [9.17, 15) is 4.79 Å². The summed E-state index contributed by atoms with van der Waals surface area (Å²) in [6, 6.07) is 18.1. The zero-order chi connectivity index (χ0) is 20.8. The highest BCUT2D eigenvalue weighted by molar-refractivity contribution is 6.06. The molecule has 0 aliphatic heterocycles. The lowest BCUT2D eigenvalue weighted by Crippen LogP contribution is -2.35. The van der Waals surface area contributed by atoms with Crippen molar-refractivity contribution in [1.82, 2.24) is 10.3 Å². The van der Waals surface area contributed by atoms with Crippen LogP contribution in [0.3, 0.4) is 0 Å². The standard InChI is InChI=1S/C26H30N2O2/c1-19-13-15-20(16-14-19)18-30-25-17-23(22-11-7-8-12-24(22)28-25)26(29)27-21-9-5-3-2-4-6-10-21/h7-8,11-17,21H,2-6,9-10,18H2,1H3,(H,27,29). The number of hydrogen-bond donors (Lipinski definition) is 1. The molecule has 3 aromatic rings. The van der Waals surface area contributed by atoms with Crippen LogP contribution in [0.2, 0.25) is 0 Å². The van der Waals surface area contributed by atoms with Crippen molar-refractivity contribution in [2.75, 3.05) is 0 Å². The van der Waals surface area contributed by atoms with Gasteiger partial charge in [0.2, 0.25) is 5.88 Å². The molecule has 1 aromatic heterocycles. The van der Waals surface area contributed by atoms with Crippen molar-refractivity contribution in [3.63, 3.8) is 0 Å². The van der Waals surface area contributed by atoms with E-state index in [2.05, 4.69) is 41.5 Å². The van der Waals surface area contributed by atoms with E-state index in [1.54, 1.807) is 6.07 Å². The molecule has 1 aliphatic rings. The summed E-state index contributed by atoms with van der Waals surface area (Å²) < 4.78 is 5.97. The molecule has 1 amide bonds. The molecule has 1 fully saturated rings. The number of hydrogen-bond acceptors (Lipinski definition) is 3. The number of rotatable bonds is 5. The highest BCUT2D eigenvalue weighted by Crippen LogP contribution is 2.24. The van der Waals surface area contributed by atoms with Crippen molar-refractivity contribution in [2.45, 2.75) is 64.5 Å². The normalized spacial score (nSPS) is 15.4. The van der Waals surface area contributed by atoms with Crippen LogP contribution < -0.4 is 10.1 Å². The Bertz CT molecular complexity index is 990. The first kappa shape index (κ1) is 20.4. The number of aromatic nitrogens is 1. The number of nitrogens with zero attached hydrogens (tertiary/aromatic N) is 1. The van der Waals surface area contributed by atoms with Gasteiger partial charge in [0.1, 0.15) is 6.61 Å². The zero-order valence-corrected chi connectivity index (χ0v) is 17.7. The lowest BCUT2D eigenvalue weighted by atomic mass is 9.96. The van der Waals surface area contributed by atoms with Crippen LogP contribution in [-0.4, -0.2) is 16.9 Å². The van der Waals surface area contributed by atoms with Crippen LogP contribution >= 0.6 is 0 Å². The van der Waals surface area contributed by atoms with Crippen LogP contribution in [0.5, 0.6) is 5.88 Å². The Kier molecular flexibility index (Phi) is 6.63. The Hall–Kier alpha value is -2.88. The van der Waals surface area contributed by atoms with Gasteiger partial charge in [0.15, 0.2) is 0 Å². The summed E-state index contributed by atoms with van der Waals surface area (Å²) in [6.45, 7) is 2.49. The van der Waals surface area contributed by atoms with Gasteiger partial charge in [-0.1, -0.05) is 80.1 Å². The number of para-hydroxylation sites is 1. The molecule has 1 saturated carbocycles. The van der Waals surface area contributed by atoms with Gasteiger partial charge in [-0.15, -0.1) is 0 Å². The van der Waals surface area contributed by atoms with Gasteiger partial charge < -0.3 is 10.1 Å². The van der Waals surface area contributed by atoms with Crippen LogP contribution in [-0.2, 0) is 6.61 Å². The molecule has 30 heavy (non-hydrogen) atoms. The molecule has 1 aliphatic carbocycles. The number of ether oxygens (including phenoxy) is 1. The minimum atomic E-state index is -0.0284. The van der Waals surface area contributed by atoms with Crippen LogP contribution in [0, 0.1) is 6.92 Å². The number of fused-ring (bicyclic) bond motifs is 1. The van der Waals surface area contributed by atoms with E-state index in [0.29, 0.717) is 18.1 Å². The van der Waals surface area contributed by atoms with Crippen molar-refractivity contribution in [3.05, 3.63) is 71.3 Å². The Morgan fingerprint density at radius 3 is 2.47 bits per heavy atom. The van der Waals surface area contributed by atoms with Crippen LogP contribution in [0.1, 0.15) is 66.4 Å². The van der Waals surface area contributed by atoms with E-state index in [-0.39, 0.29) is 11.9 Å². The Morgan fingerprint density at radius 2 is 1.70 bits per heavy atom. The van der Waals surface area contributed by atoms with Crippen molar-refractivity contribution < 1.29 is 9.53 Å². The minimum Gasteiger partial charge on any atom is -0.473 e. The monoisotopic (exact) mass is 402 g/mol. The highest BCUT2D eigenvalue weighted by atomic mass is 16.5. The van der Waals surface area contributed by atoms with Crippen LogP contribution in [0.4, 0.5) is 0 Å². The molecule has 4 nitrogen and oxygen atoms in total. The van der Waals surface area contributed by atoms with E-state index in [1.165, 1.54) is 37.7 Å². The molecule has 4 rings (SSSR count). The summed E-state index contributed by atoms with van der Waals surface area (Å²) in [5, 5.41) is 4.14. The van der Waals surface area contributed by atoms with Crippen molar-refractivity contribution in [2.24, 2.45) is 0 Å². The molecular weight excluding hydrogens is 372 g/mol. The summed E-state index contributed by atoms with van der Waals surface area (Å²) in [4.78, 5) is 17.8. The predicted molar refractivity (Wildman–Crippen MR) is 121 cm³/mol. The third kappa shape index (κ3) is 5.18. The predicted octanol–water partition coefficient (Wildman–Crippen LogP) is 5.96. The SMILES string of the molecule is Cc1ccc(COc2cc(C(=O)NC3CCCCCCC3)c3ccccc3n2)cc1. The third-order valence-electron chi connectivity index (χ3n) is 5.89. The van der Waals surface area contributed by atoms with Gasteiger partial charge in [0.25, 0.3) is 5.91 Å². The second kappa shape index (κ2) is 9.75. The Labute approximate surface area is 178 Å². The van der Waals surface area contributed by atoms with Crippen LogP contribution in [0.15, 0.2) is 54.6 Å². The van der Waals surface area contributed by atoms with Crippen LogP contribution in [0.25, 0.3) is 10.9 Å². The van der Waals surface area contributed by atoms with Crippen molar-refractivity contribution in [3.8, 4) is 5.88 Å². The van der Waals surface area contributed by atoms with E-state index < -0.39 is 0 Å². The van der Waals surface area contributed by atoms with Gasteiger partial charge in [-0.2, -0.15) is 0 Å². The quantitative estimate of drug-likeness (QED) is 0.572. The maximum Gasteiger partial charge on any atom is 0.252 e. The molecule has 156 valence electrons. The van der Waals surface area contributed by atoms with Gasteiger partial charge in [-0.25, -0.2) is 4.98 Å². The molecule has 1 heterocycles. The molecule has 0 radical (unpaired) electrons. The second-order valence-corrected chi connectivity index (χ2v) is 8.31. The molecule has 0 spiro atoms. The zero-order valence-electron chi connectivity index (χ0n) is 17.7. The fourth-order valence-corrected chi connectivity index (χ4v) is 4.12. The number of carbonyl (C=O) groups excluding carboxylic acids is 1. The first-order chi connectivity index (χ1) is 14.7. The van der Waals surface area contributed by atoms with E-state index in [0.717, 1.165) is 29.3 Å². The Balaban J connectivity index is 1.54. The summed E-state index contributed by atoms with van der Waals surface area (Å²) in [5.41, 5.74) is 3.72. The molecule has 0 bridgehead atoms. The highest BCUT2D eigenvalue weighted by Gasteiger charge is 2.18. The molecule has 0 saturated heterocycles. The largest absolute Gasteiger partial charge is 0.473 e. The third-order valence-corrected chi connectivity index (χ3v) is 5.89. The van der Waals surface area contributed by atoms with Gasteiger partial charge in [0.05, 0.1) is 11.1 Å². The fraction of sp³-hybridized carbons (Fsp3) is 0.385. The molecule has 0 atom stereocenters. The Morgan fingerprint density at radius 1 is 1.00 bits per heavy atom. The van der Waals surface area contributed by atoms with Gasteiger partial charge in [0, 0.05) is 17.5 Å². The second-order valence-electron chi connectivity index (χ2n) is 8.31. The number of carbonyl (C=O) groups is 1. The first-order valence-corrected chi connectivity index (χ1v) is 11.1. The molecule has 0 unspecified atom stereocenters. The lowest BCUT2D eigenvalue weighted by molar-refractivity contribution is 0.0931. The van der Waals surface area contributed by atoms with Gasteiger partial charge in [-0.3, -0.25) is 4.79 Å². The van der Waals surface area contributed by atoms with E-state index in [1.807, 2.05) is 24.3 Å². The smallest absolute Gasteiger partial charge is 0.252 e. The summed E-state index contributed by atoms with van der Waals surface area (Å²) in [5.74, 6) is 0.455. The van der Waals surface area contributed by atoms with E-state index in [4.69, 9.17) is 4.74 Å². The number of nitrogens with one attached hydrogen (secondary N) is 1. The maximum absolute atomic E-state index is 13.2. The minimum absolute atomic E-state index is 0.0284. The average Bonchev–Trinajstić information content (AvgIpc) is 2.74. The lowest BCUT2D eigenvalue weighted by Gasteiger charge is -2.21. The van der Waals surface area contributed by atoms with Crippen molar-refractivity contribution in [1.29, 1.82) is 0 Å². The molecule has 1 N–H and O–H groups in total. The van der Waals surface area contributed by atoms with E-state index >= 15 is 0 Å². The number of benzene rings is 2. The van der Waals surface area contributed by atoms with Gasteiger partial charge in [-0.05, 0) is 31.4 Å². The van der Waals surface area contributed by atoms with Crippen molar-refractivity contribution >= 4 is 16.8 Å². The number of pyridine rings is 1. The molecule has 2 aromatic carbocycles. The first-order valence-electron chi connectivity index (χ1n) is 11.1. The summed E-state index contributed by atoms with van der Waals surface area (Å²) in [7, 11) is 0. The molecule has 4 heteroatoms. The number of amides is 1. The molecular formula is C26H30N2O2.